The Labute approximate surface area is 110 Å². The van der Waals surface area contributed by atoms with Gasteiger partial charge in [0.15, 0.2) is 0 Å². The van der Waals surface area contributed by atoms with Gasteiger partial charge in [0.1, 0.15) is 5.75 Å². The molecule has 0 aliphatic heterocycles. The van der Waals surface area contributed by atoms with Crippen LogP contribution in [0.4, 0.5) is 0 Å². The molecule has 0 N–H and O–H groups in total. The zero-order valence-corrected chi connectivity index (χ0v) is 11.7. The summed E-state index contributed by atoms with van der Waals surface area (Å²) >= 11 is 0. The Hall–Kier alpha value is -1.49. The first-order valence-electron chi connectivity index (χ1n) is 6.59. The summed E-state index contributed by atoms with van der Waals surface area (Å²) in [5, 5.41) is 9.53. The van der Waals surface area contributed by atoms with Crippen molar-refractivity contribution in [3.8, 4) is 11.8 Å². The molecule has 1 aliphatic carbocycles. The number of methoxy groups -OCH3 is 1. The molecule has 2 rings (SSSR count). The van der Waals surface area contributed by atoms with E-state index in [1.165, 1.54) is 0 Å². The minimum absolute atomic E-state index is 0.282. The van der Waals surface area contributed by atoms with Crippen LogP contribution in [-0.2, 0) is 5.41 Å². The van der Waals surface area contributed by atoms with E-state index >= 15 is 0 Å². The van der Waals surface area contributed by atoms with Crippen LogP contribution < -0.4 is 4.74 Å². The first-order valence-corrected chi connectivity index (χ1v) is 6.59. The fourth-order valence-corrected chi connectivity index (χ4v) is 2.82. The molecule has 1 aromatic rings. The number of nitrogens with zero attached hydrogens (tertiary/aromatic N) is 1. The van der Waals surface area contributed by atoms with Crippen LogP contribution in [0.25, 0.3) is 0 Å². The van der Waals surface area contributed by atoms with Gasteiger partial charge in [-0.25, -0.2) is 0 Å². The van der Waals surface area contributed by atoms with Gasteiger partial charge in [0.05, 0.1) is 18.6 Å². The van der Waals surface area contributed by atoms with Crippen LogP contribution in [0.1, 0.15) is 37.8 Å². The van der Waals surface area contributed by atoms with Crippen LogP contribution in [0.5, 0.6) is 5.75 Å². The van der Waals surface area contributed by atoms with Crippen molar-refractivity contribution in [2.75, 3.05) is 7.11 Å². The molecule has 0 aromatic heterocycles. The Bertz CT molecular complexity index is 478. The maximum atomic E-state index is 9.53. The molecule has 1 aromatic carbocycles. The third kappa shape index (κ3) is 1.99. The van der Waals surface area contributed by atoms with E-state index in [2.05, 4.69) is 32.0 Å². The minimum atomic E-state index is -0.282. The second-order valence-corrected chi connectivity index (χ2v) is 5.79. The predicted molar refractivity (Wildman–Crippen MR) is 72.6 cm³/mol. The number of aryl methyl sites for hydroxylation is 1. The Balaban J connectivity index is 2.28. The van der Waals surface area contributed by atoms with Gasteiger partial charge >= 0.3 is 0 Å². The Kier molecular flexibility index (Phi) is 3.34. The van der Waals surface area contributed by atoms with E-state index in [0.29, 0.717) is 11.8 Å². The molecule has 1 fully saturated rings. The van der Waals surface area contributed by atoms with E-state index in [1.807, 2.05) is 13.0 Å². The quantitative estimate of drug-likeness (QED) is 0.808. The molecule has 1 aliphatic rings. The average Bonchev–Trinajstić information content (AvgIpc) is 2.29. The highest BCUT2D eigenvalue weighted by Gasteiger charge is 2.47. The highest BCUT2D eigenvalue weighted by molar-refractivity contribution is 5.44. The SMILES string of the molecule is COc1cc(C2(C#N)CC(C(C)C)C2)ccc1C. The van der Waals surface area contributed by atoms with Gasteiger partial charge in [-0.15, -0.1) is 0 Å². The molecule has 96 valence electrons. The summed E-state index contributed by atoms with van der Waals surface area (Å²) in [5.74, 6) is 2.23. The van der Waals surface area contributed by atoms with Gasteiger partial charge < -0.3 is 4.74 Å². The molecule has 2 nitrogen and oxygen atoms in total. The van der Waals surface area contributed by atoms with E-state index in [1.54, 1.807) is 7.11 Å². The number of nitriles is 1. The molecule has 0 unspecified atom stereocenters. The summed E-state index contributed by atoms with van der Waals surface area (Å²) < 4.78 is 5.36. The smallest absolute Gasteiger partial charge is 0.122 e. The second kappa shape index (κ2) is 4.65. The van der Waals surface area contributed by atoms with Crippen molar-refractivity contribution in [2.45, 2.75) is 39.0 Å². The number of hydrogen-bond acceptors (Lipinski definition) is 2. The maximum Gasteiger partial charge on any atom is 0.122 e. The first-order chi connectivity index (χ1) is 8.52. The Morgan fingerprint density at radius 3 is 2.56 bits per heavy atom. The molecule has 2 heteroatoms. The fourth-order valence-electron chi connectivity index (χ4n) is 2.82. The molecule has 0 saturated heterocycles. The molecule has 18 heavy (non-hydrogen) atoms. The Morgan fingerprint density at radius 2 is 2.06 bits per heavy atom. The van der Waals surface area contributed by atoms with Gasteiger partial charge in [-0.2, -0.15) is 5.26 Å². The summed E-state index contributed by atoms with van der Waals surface area (Å²) in [4.78, 5) is 0. The van der Waals surface area contributed by atoms with Crippen LogP contribution in [0.15, 0.2) is 18.2 Å². The van der Waals surface area contributed by atoms with Gasteiger partial charge in [0.2, 0.25) is 0 Å². The monoisotopic (exact) mass is 243 g/mol. The summed E-state index contributed by atoms with van der Waals surface area (Å²) in [7, 11) is 1.68. The largest absolute Gasteiger partial charge is 0.496 e. The molecule has 0 amide bonds. The third-order valence-corrected chi connectivity index (χ3v) is 4.34. The van der Waals surface area contributed by atoms with Crippen LogP contribution >= 0.6 is 0 Å². The van der Waals surface area contributed by atoms with Crippen LogP contribution in [0, 0.1) is 30.1 Å². The van der Waals surface area contributed by atoms with Crippen LogP contribution in [0.3, 0.4) is 0 Å². The van der Waals surface area contributed by atoms with Crippen molar-refractivity contribution in [1.82, 2.24) is 0 Å². The van der Waals surface area contributed by atoms with Crippen molar-refractivity contribution < 1.29 is 4.74 Å². The van der Waals surface area contributed by atoms with Gasteiger partial charge in [0.25, 0.3) is 0 Å². The molecule has 0 spiro atoms. The minimum Gasteiger partial charge on any atom is -0.496 e. The summed E-state index contributed by atoms with van der Waals surface area (Å²) in [6, 6.07) is 8.70. The molecule has 0 heterocycles. The molecular weight excluding hydrogens is 222 g/mol. The predicted octanol–water partition coefficient (Wildman–Crippen LogP) is 3.83. The molecule has 0 atom stereocenters. The fraction of sp³-hybridized carbons (Fsp3) is 0.562. The van der Waals surface area contributed by atoms with Gasteiger partial charge in [-0.3, -0.25) is 0 Å². The molecular formula is C16H21NO. The van der Waals surface area contributed by atoms with Gasteiger partial charge in [-0.1, -0.05) is 26.0 Å². The highest BCUT2D eigenvalue weighted by Crippen LogP contribution is 2.50. The van der Waals surface area contributed by atoms with Crippen molar-refractivity contribution in [3.63, 3.8) is 0 Å². The molecule has 0 bridgehead atoms. The van der Waals surface area contributed by atoms with Gasteiger partial charge in [-0.05, 0) is 48.8 Å². The van der Waals surface area contributed by atoms with Crippen LogP contribution in [-0.4, -0.2) is 7.11 Å². The maximum absolute atomic E-state index is 9.53. The number of benzene rings is 1. The average molecular weight is 243 g/mol. The molecule has 0 radical (unpaired) electrons. The topological polar surface area (TPSA) is 33.0 Å². The lowest BCUT2D eigenvalue weighted by Gasteiger charge is -2.45. The van der Waals surface area contributed by atoms with Crippen molar-refractivity contribution in [3.05, 3.63) is 29.3 Å². The summed E-state index contributed by atoms with van der Waals surface area (Å²) in [6.07, 6.45) is 1.96. The van der Waals surface area contributed by atoms with E-state index in [-0.39, 0.29) is 5.41 Å². The highest BCUT2D eigenvalue weighted by atomic mass is 16.5. The van der Waals surface area contributed by atoms with Crippen LogP contribution in [0.2, 0.25) is 0 Å². The standard InChI is InChI=1S/C16H21NO/c1-11(2)13-8-16(9-13,10-17)14-6-5-12(3)15(7-14)18-4/h5-7,11,13H,8-9H2,1-4H3. The lowest BCUT2D eigenvalue weighted by molar-refractivity contribution is 0.144. The number of ether oxygens (including phenoxy) is 1. The van der Waals surface area contributed by atoms with Crippen molar-refractivity contribution in [1.29, 1.82) is 5.26 Å². The Morgan fingerprint density at radius 1 is 1.39 bits per heavy atom. The van der Waals surface area contributed by atoms with E-state index in [0.717, 1.165) is 29.7 Å². The van der Waals surface area contributed by atoms with E-state index in [9.17, 15) is 5.26 Å². The summed E-state index contributed by atoms with van der Waals surface area (Å²) in [5.41, 5.74) is 1.95. The van der Waals surface area contributed by atoms with Gasteiger partial charge in [0, 0.05) is 0 Å². The number of hydrogen-bond donors (Lipinski definition) is 0. The lowest BCUT2D eigenvalue weighted by atomic mass is 9.56. The lowest BCUT2D eigenvalue weighted by Crippen LogP contribution is -2.42. The number of rotatable bonds is 3. The first kappa shape index (κ1) is 13.0. The zero-order chi connectivity index (χ0) is 13.3. The van der Waals surface area contributed by atoms with E-state index in [4.69, 9.17) is 4.74 Å². The normalized spacial score (nSPS) is 26.6. The van der Waals surface area contributed by atoms with E-state index < -0.39 is 0 Å². The second-order valence-electron chi connectivity index (χ2n) is 5.79. The van der Waals surface area contributed by atoms with Crippen molar-refractivity contribution >= 4 is 0 Å². The third-order valence-electron chi connectivity index (χ3n) is 4.34. The zero-order valence-electron chi connectivity index (χ0n) is 11.7. The summed E-state index contributed by atoms with van der Waals surface area (Å²) in [6.45, 7) is 6.50. The van der Waals surface area contributed by atoms with Crippen molar-refractivity contribution in [2.24, 2.45) is 11.8 Å². The molecule has 1 saturated carbocycles.